The molecule has 70 valence electrons. The molecule has 0 aliphatic rings. The topological polar surface area (TPSA) is 26.3 Å². The quantitative estimate of drug-likeness (QED) is 0.436. The first kappa shape index (κ1) is 12.7. The van der Waals surface area contributed by atoms with Crippen molar-refractivity contribution in [2.75, 3.05) is 0 Å². The molecule has 0 heterocycles. The summed E-state index contributed by atoms with van der Waals surface area (Å²) in [6.45, 7) is 5.35. The van der Waals surface area contributed by atoms with Crippen LogP contribution in [0.15, 0.2) is 12.7 Å². The van der Waals surface area contributed by atoms with Crippen LogP contribution in [0.4, 0.5) is 0 Å². The molecule has 1 atom stereocenters. The highest BCUT2D eigenvalue weighted by molar-refractivity contribution is 9.40. The van der Waals surface area contributed by atoms with E-state index < -0.39 is 8.11 Å². The molecule has 5 heteroatoms. The summed E-state index contributed by atoms with van der Waals surface area (Å²) in [6.07, 6.45) is 2.20. The summed E-state index contributed by atoms with van der Waals surface area (Å²) in [5.41, 5.74) is 0. The second kappa shape index (κ2) is 5.40. The monoisotopic (exact) mass is 362 g/mol. The average Bonchev–Trinajstić information content (AvgIpc) is 1.85. The van der Waals surface area contributed by atoms with Crippen molar-refractivity contribution in [3.05, 3.63) is 12.7 Å². The molecule has 0 bridgehead atoms. The fourth-order valence-corrected chi connectivity index (χ4v) is 0.813. The van der Waals surface area contributed by atoms with E-state index in [2.05, 4.69) is 54.4 Å². The van der Waals surface area contributed by atoms with E-state index >= 15 is 0 Å². The van der Waals surface area contributed by atoms with E-state index in [9.17, 15) is 4.79 Å². The summed E-state index contributed by atoms with van der Waals surface area (Å²) in [7, 11) is 0. The lowest BCUT2D eigenvalue weighted by atomic mass is 10.3. The lowest BCUT2D eigenvalue weighted by Crippen LogP contribution is -2.24. The number of halogens is 3. The van der Waals surface area contributed by atoms with E-state index in [0.717, 1.165) is 0 Å². The smallest absolute Gasteiger partial charge is 0.345 e. The van der Waals surface area contributed by atoms with Gasteiger partial charge in [-0.3, -0.25) is 0 Å². The number of hydrogen-bond donors (Lipinski definition) is 0. The zero-order valence-electron chi connectivity index (χ0n) is 6.52. The Bertz CT molecular complexity index is 174. The van der Waals surface area contributed by atoms with Crippen LogP contribution in [0.2, 0.25) is 0 Å². The predicted octanol–water partition coefficient (Wildman–Crippen LogP) is 3.33. The molecule has 0 rings (SSSR count). The molecule has 0 fully saturated rings. The van der Waals surface area contributed by atoms with Crippen molar-refractivity contribution in [2.45, 2.75) is 21.6 Å². The van der Waals surface area contributed by atoms with Gasteiger partial charge in [-0.1, -0.05) is 6.08 Å². The molecule has 1 unspecified atom stereocenters. The molecule has 0 aromatic rings. The highest BCUT2D eigenvalue weighted by Crippen LogP contribution is 2.35. The van der Waals surface area contributed by atoms with Crippen molar-refractivity contribution in [1.82, 2.24) is 0 Å². The fourth-order valence-electron chi connectivity index (χ4n) is 0.532. The molecule has 12 heavy (non-hydrogen) atoms. The van der Waals surface area contributed by atoms with Gasteiger partial charge in [0.2, 0.25) is 2.14 Å². The van der Waals surface area contributed by atoms with Crippen molar-refractivity contribution in [2.24, 2.45) is 0 Å². The zero-order valence-corrected chi connectivity index (χ0v) is 11.3. The lowest BCUT2D eigenvalue weighted by molar-refractivity contribution is -0.145. The first-order chi connectivity index (χ1) is 5.38. The zero-order chi connectivity index (χ0) is 9.78. The van der Waals surface area contributed by atoms with Crippen LogP contribution in [0.25, 0.3) is 0 Å². The third-order valence-corrected chi connectivity index (χ3v) is 2.01. The molecular formula is C7H9Br3O2. The summed E-state index contributed by atoms with van der Waals surface area (Å²) in [6, 6.07) is 0. The molecule has 0 aliphatic carbocycles. The van der Waals surface area contributed by atoms with E-state index in [1.807, 2.05) is 0 Å². The van der Waals surface area contributed by atoms with Gasteiger partial charge in [-0.2, -0.15) is 0 Å². The predicted molar refractivity (Wildman–Crippen MR) is 59.9 cm³/mol. The van der Waals surface area contributed by atoms with Crippen LogP contribution >= 0.6 is 47.8 Å². The molecule has 0 radical (unpaired) electrons. The van der Waals surface area contributed by atoms with Gasteiger partial charge in [0.15, 0.2) is 0 Å². The van der Waals surface area contributed by atoms with Crippen LogP contribution < -0.4 is 0 Å². The minimum absolute atomic E-state index is 0.151. The van der Waals surface area contributed by atoms with Gasteiger partial charge in [0.25, 0.3) is 0 Å². The largest absolute Gasteiger partial charge is 0.460 e. The van der Waals surface area contributed by atoms with Crippen molar-refractivity contribution >= 4 is 53.8 Å². The van der Waals surface area contributed by atoms with Crippen LogP contribution in [0.1, 0.15) is 13.3 Å². The number of hydrogen-bond acceptors (Lipinski definition) is 2. The molecule has 0 aromatic heterocycles. The van der Waals surface area contributed by atoms with Gasteiger partial charge in [-0.25, -0.2) is 4.79 Å². The SMILES string of the molecule is C=CCC(C)OC(=O)C(Br)(Br)Br. The Balaban J connectivity index is 3.92. The summed E-state index contributed by atoms with van der Waals surface area (Å²) < 4.78 is 4.03. The van der Waals surface area contributed by atoms with Crippen molar-refractivity contribution in [1.29, 1.82) is 0 Å². The van der Waals surface area contributed by atoms with E-state index in [0.29, 0.717) is 6.42 Å². The van der Waals surface area contributed by atoms with Crippen LogP contribution in [0.5, 0.6) is 0 Å². The number of ether oxygens (including phenoxy) is 1. The van der Waals surface area contributed by atoms with E-state index in [4.69, 9.17) is 4.74 Å². The van der Waals surface area contributed by atoms with Gasteiger partial charge < -0.3 is 4.74 Å². The van der Waals surface area contributed by atoms with E-state index in [1.54, 1.807) is 13.0 Å². The van der Waals surface area contributed by atoms with Gasteiger partial charge in [0, 0.05) is 6.42 Å². The summed E-state index contributed by atoms with van der Waals surface area (Å²) in [5.74, 6) is -0.406. The molecule has 0 saturated carbocycles. The third-order valence-electron chi connectivity index (χ3n) is 1.04. The standard InChI is InChI=1S/C7H9Br3O2/c1-3-4-5(2)12-6(11)7(8,9)10/h3,5H,1,4H2,2H3. The second-order valence-corrected chi connectivity index (χ2v) is 9.00. The number of alkyl halides is 3. The molecule has 2 nitrogen and oxygen atoms in total. The summed E-state index contributed by atoms with van der Waals surface area (Å²) >= 11 is 9.17. The van der Waals surface area contributed by atoms with Crippen LogP contribution in [-0.4, -0.2) is 14.2 Å². The van der Waals surface area contributed by atoms with E-state index in [1.165, 1.54) is 0 Å². The Hall–Kier alpha value is 0.650. The molecule has 0 saturated heterocycles. The molecule has 0 aliphatic heterocycles. The Morgan fingerprint density at radius 2 is 2.17 bits per heavy atom. The maximum absolute atomic E-state index is 11.2. The number of rotatable bonds is 3. The summed E-state index contributed by atoms with van der Waals surface area (Å²) in [5, 5.41) is 0. The Morgan fingerprint density at radius 1 is 1.67 bits per heavy atom. The van der Waals surface area contributed by atoms with Crippen molar-refractivity contribution < 1.29 is 9.53 Å². The van der Waals surface area contributed by atoms with Crippen LogP contribution in [0, 0.1) is 0 Å². The van der Waals surface area contributed by atoms with Crippen molar-refractivity contribution in [3.8, 4) is 0 Å². The first-order valence-electron chi connectivity index (χ1n) is 3.26. The first-order valence-corrected chi connectivity index (χ1v) is 5.64. The van der Waals surface area contributed by atoms with Gasteiger partial charge in [-0.15, -0.1) is 6.58 Å². The summed E-state index contributed by atoms with van der Waals surface area (Å²) in [4.78, 5) is 11.2. The molecule has 0 aromatic carbocycles. The number of carbonyl (C=O) groups excluding carboxylic acids is 1. The molecule has 0 amide bonds. The maximum Gasteiger partial charge on any atom is 0.345 e. The molecule has 0 spiro atoms. The van der Waals surface area contributed by atoms with Gasteiger partial charge in [-0.05, 0) is 54.7 Å². The second-order valence-electron chi connectivity index (χ2n) is 2.24. The Kier molecular flexibility index (Phi) is 5.69. The highest BCUT2D eigenvalue weighted by Gasteiger charge is 2.31. The number of esters is 1. The van der Waals surface area contributed by atoms with Gasteiger partial charge in [0.1, 0.15) is 6.10 Å². The van der Waals surface area contributed by atoms with Gasteiger partial charge in [0.05, 0.1) is 0 Å². The third kappa shape index (κ3) is 5.32. The normalized spacial score (nSPS) is 13.7. The van der Waals surface area contributed by atoms with E-state index in [-0.39, 0.29) is 6.10 Å². The average molecular weight is 365 g/mol. The van der Waals surface area contributed by atoms with Crippen molar-refractivity contribution in [3.63, 3.8) is 0 Å². The maximum atomic E-state index is 11.2. The minimum atomic E-state index is -0.970. The van der Waals surface area contributed by atoms with Crippen LogP contribution in [0.3, 0.4) is 0 Å². The van der Waals surface area contributed by atoms with Gasteiger partial charge >= 0.3 is 5.97 Å². The molecule has 0 N–H and O–H groups in total. The van der Waals surface area contributed by atoms with Crippen LogP contribution in [-0.2, 0) is 9.53 Å². The Labute approximate surface area is 97.1 Å². The fraction of sp³-hybridized carbons (Fsp3) is 0.571. The highest BCUT2D eigenvalue weighted by atomic mass is 80.0. The molecular weight excluding hydrogens is 356 g/mol. The lowest BCUT2D eigenvalue weighted by Gasteiger charge is -2.15. The minimum Gasteiger partial charge on any atom is -0.460 e. The Morgan fingerprint density at radius 3 is 2.50 bits per heavy atom. The number of carbonyl (C=O) groups is 1.